The quantitative estimate of drug-likeness (QED) is 0.292. The van der Waals surface area contributed by atoms with E-state index in [0.29, 0.717) is 32.2 Å². The molecule has 162 valence electrons. The lowest BCUT2D eigenvalue weighted by Gasteiger charge is -2.20. The van der Waals surface area contributed by atoms with Crippen molar-refractivity contribution in [1.29, 1.82) is 0 Å². The largest absolute Gasteiger partial charge is 0.493 e. The lowest BCUT2D eigenvalue weighted by Crippen LogP contribution is -2.41. The number of benzene rings is 1. The molecule has 0 unspecified atom stereocenters. The molecule has 0 radical (unpaired) electrons. The van der Waals surface area contributed by atoms with Crippen LogP contribution in [0.5, 0.6) is 5.75 Å². The van der Waals surface area contributed by atoms with Gasteiger partial charge in [0.05, 0.1) is 23.7 Å². The summed E-state index contributed by atoms with van der Waals surface area (Å²) in [7, 11) is -3.16. The second-order valence-corrected chi connectivity index (χ2v) is 10.4. The van der Waals surface area contributed by atoms with Gasteiger partial charge in [-0.1, -0.05) is 19.1 Å². The van der Waals surface area contributed by atoms with E-state index in [4.69, 9.17) is 4.74 Å². The van der Waals surface area contributed by atoms with Crippen LogP contribution in [0.15, 0.2) is 23.2 Å². The summed E-state index contributed by atoms with van der Waals surface area (Å²) in [6.07, 6.45) is 0.948. The summed E-state index contributed by atoms with van der Waals surface area (Å²) in [5.74, 6) is 1.52. The number of hydrogen-bond donors (Lipinski definition) is 2. The molecule has 0 heterocycles. The van der Waals surface area contributed by atoms with Crippen molar-refractivity contribution in [3.8, 4) is 5.75 Å². The number of sulfone groups is 1. The Hall–Kier alpha value is -1.03. The monoisotopic (exact) mass is 525 g/mol. The fourth-order valence-electron chi connectivity index (χ4n) is 2.25. The van der Waals surface area contributed by atoms with Gasteiger partial charge in [-0.15, -0.1) is 24.0 Å². The highest BCUT2D eigenvalue weighted by Crippen LogP contribution is 2.21. The third-order valence-electron chi connectivity index (χ3n) is 4.03. The van der Waals surface area contributed by atoms with Gasteiger partial charge < -0.3 is 15.4 Å². The van der Waals surface area contributed by atoms with Crippen LogP contribution in [0.3, 0.4) is 0 Å². The lowest BCUT2D eigenvalue weighted by molar-refractivity contribution is 0.314. The molecular weight excluding hydrogens is 489 g/mol. The first kappa shape index (κ1) is 27.0. The molecule has 6 nitrogen and oxygen atoms in total. The zero-order chi connectivity index (χ0) is 20.5. The number of nitrogens with one attached hydrogen (secondary N) is 2. The Morgan fingerprint density at radius 1 is 1.18 bits per heavy atom. The molecular formula is C20H36IN3O3S. The molecule has 0 amide bonds. The van der Waals surface area contributed by atoms with E-state index in [0.717, 1.165) is 23.3 Å². The molecule has 0 atom stereocenters. The average Bonchev–Trinajstić information content (AvgIpc) is 2.57. The first-order chi connectivity index (χ1) is 12.6. The van der Waals surface area contributed by atoms with E-state index < -0.39 is 14.6 Å². The second kappa shape index (κ2) is 12.5. The van der Waals surface area contributed by atoms with Gasteiger partial charge in [0.1, 0.15) is 5.75 Å². The van der Waals surface area contributed by atoms with Gasteiger partial charge in [0.15, 0.2) is 15.8 Å². The maximum Gasteiger partial charge on any atom is 0.191 e. The van der Waals surface area contributed by atoms with Crippen LogP contribution in [0, 0.1) is 6.92 Å². The standard InChI is InChI=1S/C20H35N3O3S.HI/c1-7-12-26-18-14-16(3)9-10-17(18)15-23-19(21-8-2)22-11-13-27(24,25)20(4,5)6;/h9-10,14H,7-8,11-13,15H2,1-6H3,(H2,21,22,23);1H. The molecule has 0 aliphatic carbocycles. The minimum atomic E-state index is -3.16. The zero-order valence-corrected chi connectivity index (χ0v) is 21.1. The molecule has 8 heteroatoms. The van der Waals surface area contributed by atoms with Gasteiger partial charge >= 0.3 is 0 Å². The molecule has 0 saturated carbocycles. The van der Waals surface area contributed by atoms with Crippen LogP contribution < -0.4 is 15.4 Å². The normalized spacial score (nSPS) is 12.3. The topological polar surface area (TPSA) is 79.8 Å². The molecule has 1 rings (SSSR count). The number of rotatable bonds is 9. The number of halogens is 1. The highest BCUT2D eigenvalue weighted by Gasteiger charge is 2.28. The number of aliphatic imine (C=N–C) groups is 1. The zero-order valence-electron chi connectivity index (χ0n) is 18.0. The molecule has 2 N–H and O–H groups in total. The van der Waals surface area contributed by atoms with E-state index in [1.165, 1.54) is 0 Å². The van der Waals surface area contributed by atoms with Crippen LogP contribution in [-0.4, -0.2) is 44.6 Å². The van der Waals surface area contributed by atoms with Crippen molar-refractivity contribution < 1.29 is 13.2 Å². The molecule has 0 fully saturated rings. The highest BCUT2D eigenvalue weighted by atomic mass is 127. The van der Waals surface area contributed by atoms with Crippen LogP contribution in [0.25, 0.3) is 0 Å². The Bertz CT molecular complexity index is 729. The van der Waals surface area contributed by atoms with Crippen molar-refractivity contribution in [3.05, 3.63) is 29.3 Å². The maximum absolute atomic E-state index is 12.2. The van der Waals surface area contributed by atoms with Crippen molar-refractivity contribution in [2.24, 2.45) is 4.99 Å². The molecule has 28 heavy (non-hydrogen) atoms. The predicted molar refractivity (Wildman–Crippen MR) is 129 cm³/mol. The molecule has 0 aliphatic heterocycles. The van der Waals surface area contributed by atoms with Crippen molar-refractivity contribution in [3.63, 3.8) is 0 Å². The van der Waals surface area contributed by atoms with Gasteiger partial charge in [-0.3, -0.25) is 0 Å². The van der Waals surface area contributed by atoms with Gasteiger partial charge in [-0.25, -0.2) is 13.4 Å². The maximum atomic E-state index is 12.2. The molecule has 0 aromatic heterocycles. The Labute approximate surface area is 187 Å². The lowest BCUT2D eigenvalue weighted by atomic mass is 10.1. The highest BCUT2D eigenvalue weighted by molar-refractivity contribution is 14.0. The van der Waals surface area contributed by atoms with Gasteiger partial charge in [0.2, 0.25) is 0 Å². The molecule has 1 aromatic rings. The van der Waals surface area contributed by atoms with Crippen LogP contribution in [0.1, 0.15) is 52.2 Å². The summed E-state index contributed by atoms with van der Waals surface area (Å²) in [6, 6.07) is 6.09. The third kappa shape index (κ3) is 8.98. The first-order valence-corrected chi connectivity index (χ1v) is 11.2. The van der Waals surface area contributed by atoms with Gasteiger partial charge in [0.25, 0.3) is 0 Å². The van der Waals surface area contributed by atoms with E-state index in [-0.39, 0.29) is 29.7 Å². The minimum Gasteiger partial charge on any atom is -0.493 e. The fourth-order valence-corrected chi connectivity index (χ4v) is 3.24. The number of aryl methyl sites for hydroxylation is 1. The SMILES string of the molecule is CCCOc1cc(C)ccc1CN=C(NCC)NCCS(=O)(=O)C(C)(C)C.I. The van der Waals surface area contributed by atoms with Crippen LogP contribution in [-0.2, 0) is 16.4 Å². The Morgan fingerprint density at radius 3 is 2.43 bits per heavy atom. The van der Waals surface area contributed by atoms with Crippen LogP contribution in [0.4, 0.5) is 0 Å². The average molecular weight is 525 g/mol. The fraction of sp³-hybridized carbons (Fsp3) is 0.650. The summed E-state index contributed by atoms with van der Waals surface area (Å²) in [5, 5.41) is 6.27. The van der Waals surface area contributed by atoms with E-state index in [2.05, 4.69) is 22.5 Å². The summed E-state index contributed by atoms with van der Waals surface area (Å²) in [5.41, 5.74) is 2.15. The van der Waals surface area contributed by atoms with Crippen molar-refractivity contribution in [2.75, 3.05) is 25.4 Å². The van der Waals surface area contributed by atoms with Crippen molar-refractivity contribution in [2.45, 2.75) is 59.3 Å². The second-order valence-electron chi connectivity index (χ2n) is 7.51. The van der Waals surface area contributed by atoms with E-state index in [9.17, 15) is 8.42 Å². The van der Waals surface area contributed by atoms with Gasteiger partial charge in [-0.05, 0) is 52.7 Å². The number of hydrogen-bond acceptors (Lipinski definition) is 4. The van der Waals surface area contributed by atoms with Crippen molar-refractivity contribution in [1.82, 2.24) is 10.6 Å². The summed E-state index contributed by atoms with van der Waals surface area (Å²) >= 11 is 0. The minimum absolute atomic E-state index is 0. The van der Waals surface area contributed by atoms with Crippen LogP contribution in [0.2, 0.25) is 0 Å². The van der Waals surface area contributed by atoms with E-state index in [1.54, 1.807) is 20.8 Å². The molecule has 1 aromatic carbocycles. The van der Waals surface area contributed by atoms with Gasteiger partial charge in [-0.2, -0.15) is 0 Å². The van der Waals surface area contributed by atoms with E-state index in [1.807, 2.05) is 32.0 Å². The van der Waals surface area contributed by atoms with Crippen molar-refractivity contribution >= 4 is 39.8 Å². The summed E-state index contributed by atoms with van der Waals surface area (Å²) in [6.45, 7) is 13.4. The Kier molecular flexibility index (Phi) is 12.1. The van der Waals surface area contributed by atoms with Crippen LogP contribution >= 0.6 is 24.0 Å². The summed E-state index contributed by atoms with van der Waals surface area (Å²) < 4.78 is 29.5. The smallest absolute Gasteiger partial charge is 0.191 e. The number of nitrogens with zero attached hydrogens (tertiary/aromatic N) is 1. The number of ether oxygens (including phenoxy) is 1. The molecule has 0 saturated heterocycles. The predicted octanol–water partition coefficient (Wildman–Crippen LogP) is 3.67. The summed E-state index contributed by atoms with van der Waals surface area (Å²) in [4.78, 5) is 4.58. The van der Waals surface area contributed by atoms with E-state index >= 15 is 0 Å². The number of guanidine groups is 1. The molecule has 0 spiro atoms. The first-order valence-electron chi connectivity index (χ1n) is 9.57. The Morgan fingerprint density at radius 2 is 1.86 bits per heavy atom. The Balaban J connectivity index is 0.00000729. The van der Waals surface area contributed by atoms with Gasteiger partial charge in [0, 0.05) is 18.7 Å². The molecule has 0 aliphatic rings. The third-order valence-corrected chi connectivity index (χ3v) is 6.64. The molecule has 0 bridgehead atoms.